The van der Waals surface area contributed by atoms with Gasteiger partial charge in [0.2, 0.25) is 0 Å². The minimum absolute atomic E-state index is 0.114. The zero-order valence-electron chi connectivity index (χ0n) is 10.4. The van der Waals surface area contributed by atoms with Crippen molar-refractivity contribution in [3.8, 4) is 0 Å². The Kier molecular flexibility index (Phi) is 5.02. The van der Waals surface area contributed by atoms with Crippen molar-refractivity contribution in [1.29, 1.82) is 0 Å². The highest BCUT2D eigenvalue weighted by atomic mass is 16.5. The van der Waals surface area contributed by atoms with E-state index in [4.69, 9.17) is 4.74 Å². The first kappa shape index (κ1) is 13.3. The number of ether oxygens (including phenoxy) is 1. The SMILES string of the molecule is CC(C)(C)NC(=O)NCC1CNCCOC1. The molecule has 0 radical (unpaired) electrons. The van der Waals surface area contributed by atoms with Gasteiger partial charge in [0.05, 0.1) is 13.2 Å². The van der Waals surface area contributed by atoms with E-state index in [-0.39, 0.29) is 11.6 Å². The maximum absolute atomic E-state index is 11.5. The maximum Gasteiger partial charge on any atom is 0.315 e. The Morgan fingerprint density at radius 1 is 1.50 bits per heavy atom. The second-order valence-corrected chi connectivity index (χ2v) is 5.23. The third-order valence-corrected chi connectivity index (χ3v) is 2.25. The summed E-state index contributed by atoms with van der Waals surface area (Å²) in [7, 11) is 0. The first-order valence-electron chi connectivity index (χ1n) is 5.82. The standard InChI is InChI=1S/C11H23N3O2/c1-11(2,3)14-10(15)13-7-9-6-12-4-5-16-8-9/h9,12H,4-8H2,1-3H3,(H2,13,14,15). The van der Waals surface area contributed by atoms with Crippen molar-refractivity contribution in [2.45, 2.75) is 26.3 Å². The summed E-state index contributed by atoms with van der Waals surface area (Å²) >= 11 is 0. The van der Waals surface area contributed by atoms with Crippen molar-refractivity contribution < 1.29 is 9.53 Å². The van der Waals surface area contributed by atoms with Gasteiger partial charge in [0.25, 0.3) is 0 Å². The van der Waals surface area contributed by atoms with Crippen LogP contribution in [-0.4, -0.2) is 44.4 Å². The molecule has 0 aromatic heterocycles. The van der Waals surface area contributed by atoms with Crippen LogP contribution in [0, 0.1) is 5.92 Å². The fourth-order valence-corrected chi connectivity index (χ4v) is 1.51. The minimum Gasteiger partial charge on any atom is -0.380 e. The Bertz CT molecular complexity index is 218. The molecule has 0 aliphatic carbocycles. The van der Waals surface area contributed by atoms with E-state index in [0.717, 1.165) is 19.7 Å². The Morgan fingerprint density at radius 3 is 2.94 bits per heavy atom. The summed E-state index contributed by atoms with van der Waals surface area (Å²) in [5.41, 5.74) is -0.192. The van der Waals surface area contributed by atoms with Crippen LogP contribution in [0.2, 0.25) is 0 Å². The Labute approximate surface area is 97.3 Å². The number of hydrogen-bond acceptors (Lipinski definition) is 3. The molecule has 0 saturated carbocycles. The fourth-order valence-electron chi connectivity index (χ4n) is 1.51. The number of rotatable bonds is 2. The number of urea groups is 1. The van der Waals surface area contributed by atoms with E-state index in [1.165, 1.54) is 0 Å². The fraction of sp³-hybridized carbons (Fsp3) is 0.909. The summed E-state index contributed by atoms with van der Waals surface area (Å²) in [6.07, 6.45) is 0. The highest BCUT2D eigenvalue weighted by molar-refractivity contribution is 5.74. The molecule has 0 aromatic carbocycles. The van der Waals surface area contributed by atoms with E-state index in [9.17, 15) is 4.79 Å². The van der Waals surface area contributed by atoms with E-state index >= 15 is 0 Å². The quantitative estimate of drug-likeness (QED) is 0.639. The Hall–Kier alpha value is -0.810. The molecule has 0 aromatic rings. The molecule has 2 amide bonds. The molecule has 94 valence electrons. The summed E-state index contributed by atoms with van der Waals surface area (Å²) in [6.45, 7) is 9.79. The van der Waals surface area contributed by atoms with Crippen LogP contribution in [0.3, 0.4) is 0 Å². The molecule has 0 bridgehead atoms. The van der Waals surface area contributed by atoms with Gasteiger partial charge in [-0.3, -0.25) is 0 Å². The summed E-state index contributed by atoms with van der Waals surface area (Å²) < 4.78 is 5.41. The van der Waals surface area contributed by atoms with Crippen LogP contribution in [-0.2, 0) is 4.74 Å². The number of nitrogens with one attached hydrogen (secondary N) is 3. The van der Waals surface area contributed by atoms with Gasteiger partial charge in [0.15, 0.2) is 0 Å². The van der Waals surface area contributed by atoms with Gasteiger partial charge in [0.1, 0.15) is 0 Å². The van der Waals surface area contributed by atoms with Gasteiger partial charge in [-0.15, -0.1) is 0 Å². The smallest absolute Gasteiger partial charge is 0.315 e. The van der Waals surface area contributed by atoms with E-state index < -0.39 is 0 Å². The van der Waals surface area contributed by atoms with Crippen molar-refractivity contribution in [3.05, 3.63) is 0 Å². The van der Waals surface area contributed by atoms with Crippen LogP contribution >= 0.6 is 0 Å². The first-order valence-corrected chi connectivity index (χ1v) is 5.82. The predicted octanol–water partition coefficient (Wildman–Crippen LogP) is 0.320. The molecule has 3 N–H and O–H groups in total. The Morgan fingerprint density at radius 2 is 2.25 bits per heavy atom. The molecule has 1 aliphatic rings. The van der Waals surface area contributed by atoms with Crippen molar-refractivity contribution >= 4 is 6.03 Å². The molecule has 1 fully saturated rings. The van der Waals surface area contributed by atoms with Gasteiger partial charge in [-0.2, -0.15) is 0 Å². The van der Waals surface area contributed by atoms with Crippen molar-refractivity contribution in [2.75, 3.05) is 32.8 Å². The lowest BCUT2D eigenvalue weighted by molar-refractivity contribution is 0.123. The van der Waals surface area contributed by atoms with Crippen LogP contribution < -0.4 is 16.0 Å². The monoisotopic (exact) mass is 229 g/mol. The lowest BCUT2D eigenvalue weighted by atomic mass is 10.1. The normalized spacial score (nSPS) is 22.3. The minimum atomic E-state index is -0.192. The largest absolute Gasteiger partial charge is 0.380 e. The molecule has 1 unspecified atom stereocenters. The highest BCUT2D eigenvalue weighted by Gasteiger charge is 2.16. The van der Waals surface area contributed by atoms with Crippen molar-refractivity contribution in [3.63, 3.8) is 0 Å². The lowest BCUT2D eigenvalue weighted by Gasteiger charge is -2.22. The van der Waals surface area contributed by atoms with E-state index in [1.807, 2.05) is 20.8 Å². The highest BCUT2D eigenvalue weighted by Crippen LogP contribution is 2.00. The van der Waals surface area contributed by atoms with Crippen molar-refractivity contribution in [2.24, 2.45) is 5.92 Å². The summed E-state index contributed by atoms with van der Waals surface area (Å²) in [5.74, 6) is 0.355. The summed E-state index contributed by atoms with van der Waals surface area (Å²) in [6, 6.07) is -0.114. The first-order chi connectivity index (χ1) is 7.47. The second-order valence-electron chi connectivity index (χ2n) is 5.23. The van der Waals surface area contributed by atoms with Gasteiger partial charge in [-0.1, -0.05) is 0 Å². The molecule has 5 heteroatoms. The van der Waals surface area contributed by atoms with Gasteiger partial charge < -0.3 is 20.7 Å². The molecule has 1 aliphatic heterocycles. The van der Waals surface area contributed by atoms with Crippen LogP contribution in [0.15, 0.2) is 0 Å². The average molecular weight is 229 g/mol. The Balaban J connectivity index is 2.20. The molecule has 1 heterocycles. The molecule has 16 heavy (non-hydrogen) atoms. The molecule has 1 saturated heterocycles. The van der Waals surface area contributed by atoms with Gasteiger partial charge in [-0.25, -0.2) is 4.79 Å². The van der Waals surface area contributed by atoms with E-state index in [0.29, 0.717) is 19.1 Å². The zero-order chi connectivity index (χ0) is 12.0. The maximum atomic E-state index is 11.5. The molecule has 0 spiro atoms. The van der Waals surface area contributed by atoms with Crippen LogP contribution in [0.5, 0.6) is 0 Å². The molecular weight excluding hydrogens is 206 g/mol. The zero-order valence-corrected chi connectivity index (χ0v) is 10.4. The van der Waals surface area contributed by atoms with Gasteiger partial charge >= 0.3 is 6.03 Å². The topological polar surface area (TPSA) is 62.4 Å². The van der Waals surface area contributed by atoms with Crippen LogP contribution in [0.1, 0.15) is 20.8 Å². The number of hydrogen-bond donors (Lipinski definition) is 3. The molecule has 1 rings (SSSR count). The molecule has 1 atom stereocenters. The summed E-state index contributed by atoms with van der Waals surface area (Å²) in [5, 5.41) is 9.00. The predicted molar refractivity (Wildman–Crippen MR) is 63.5 cm³/mol. The van der Waals surface area contributed by atoms with Gasteiger partial charge in [0, 0.05) is 31.1 Å². The molecule has 5 nitrogen and oxygen atoms in total. The van der Waals surface area contributed by atoms with Crippen LogP contribution in [0.25, 0.3) is 0 Å². The molecular formula is C11H23N3O2. The second kappa shape index (κ2) is 6.06. The number of carbonyl (C=O) groups excluding carboxylic acids is 1. The lowest BCUT2D eigenvalue weighted by Crippen LogP contribution is -2.48. The van der Waals surface area contributed by atoms with Gasteiger partial charge in [-0.05, 0) is 20.8 Å². The van der Waals surface area contributed by atoms with E-state index in [2.05, 4.69) is 16.0 Å². The average Bonchev–Trinajstić information content (AvgIpc) is 2.39. The number of amides is 2. The van der Waals surface area contributed by atoms with E-state index in [1.54, 1.807) is 0 Å². The van der Waals surface area contributed by atoms with Crippen molar-refractivity contribution in [1.82, 2.24) is 16.0 Å². The van der Waals surface area contributed by atoms with Crippen LogP contribution in [0.4, 0.5) is 4.79 Å². The third-order valence-electron chi connectivity index (χ3n) is 2.25. The third kappa shape index (κ3) is 5.92. The number of carbonyl (C=O) groups is 1. The summed E-state index contributed by atoms with van der Waals surface area (Å²) in [4.78, 5) is 11.5.